The lowest BCUT2D eigenvalue weighted by Gasteiger charge is -2.25. The predicted octanol–water partition coefficient (Wildman–Crippen LogP) is -0.243. The summed E-state index contributed by atoms with van der Waals surface area (Å²) in [6.45, 7) is 2.80. The summed E-state index contributed by atoms with van der Waals surface area (Å²) < 4.78 is 0. The normalized spacial score (nSPS) is 13.7. The lowest BCUT2D eigenvalue weighted by Crippen LogP contribution is -2.51. The smallest absolute Gasteiger partial charge is 0.329 e. The van der Waals surface area contributed by atoms with E-state index in [1.807, 2.05) is 0 Å². The van der Waals surface area contributed by atoms with Gasteiger partial charge in [-0.15, -0.1) is 0 Å². The van der Waals surface area contributed by atoms with Gasteiger partial charge in [0, 0.05) is 0 Å². The van der Waals surface area contributed by atoms with Gasteiger partial charge in [-0.1, -0.05) is 12.2 Å². The molecule has 0 saturated heterocycles. The second-order valence-electron chi connectivity index (χ2n) is 2.71. The van der Waals surface area contributed by atoms with E-state index >= 15 is 0 Å². The molecule has 1 atom stereocenters. The molecule has 0 radical (unpaired) electrons. The minimum absolute atomic E-state index is 1.06. The highest BCUT2D eigenvalue weighted by Crippen LogP contribution is 2.07. The van der Waals surface area contributed by atoms with Crippen molar-refractivity contribution < 1.29 is 15.0 Å². The van der Waals surface area contributed by atoms with Crippen LogP contribution in [-0.4, -0.2) is 33.3 Å². The quantitative estimate of drug-likeness (QED) is 0.517. The van der Waals surface area contributed by atoms with Crippen molar-refractivity contribution in [2.75, 3.05) is 0 Å². The molecule has 4 nitrogen and oxygen atoms in total. The first-order chi connectivity index (χ1) is 4.89. The average Bonchev–Trinajstić information content (AvgIpc) is 1.79. The molecule has 0 rings (SSSR count). The number of carboxylic acid groups (broad SMARTS) is 1. The van der Waals surface area contributed by atoms with E-state index in [9.17, 15) is 9.90 Å². The number of hydrogen-bond acceptors (Lipinski definition) is 3. The van der Waals surface area contributed by atoms with E-state index < -0.39 is 17.6 Å². The van der Waals surface area contributed by atoms with Crippen molar-refractivity contribution in [2.45, 2.75) is 25.5 Å². The fourth-order valence-electron chi connectivity index (χ4n) is 0.645. The Labute approximate surface area is 70.2 Å². The first kappa shape index (κ1) is 10.3. The highest BCUT2D eigenvalue weighted by atomic mass is 32.1. The number of nitrogens with one attached hydrogen (secondary N) is 1. The number of aliphatic hydroxyl groups is 1. The van der Waals surface area contributed by atoms with Gasteiger partial charge in [-0.2, -0.15) is 0 Å². The van der Waals surface area contributed by atoms with Crippen molar-refractivity contribution in [3.8, 4) is 0 Å². The number of aliphatic carboxylic acids is 1. The zero-order valence-corrected chi connectivity index (χ0v) is 7.18. The molecule has 0 aliphatic carbocycles. The zero-order valence-electron chi connectivity index (χ0n) is 6.37. The lowest BCUT2D eigenvalue weighted by molar-refractivity contribution is -0.144. The molecule has 0 spiro atoms. The third kappa shape index (κ3) is 3.29. The van der Waals surface area contributed by atoms with Crippen LogP contribution in [0.15, 0.2) is 0 Å². The SMILES string of the molecule is CC(C)(O)C(NC=S)C(=O)O. The minimum Gasteiger partial charge on any atom is -0.480 e. The maximum atomic E-state index is 10.4. The van der Waals surface area contributed by atoms with Crippen molar-refractivity contribution in [2.24, 2.45) is 0 Å². The summed E-state index contributed by atoms with van der Waals surface area (Å²) in [6.07, 6.45) is 0. The second kappa shape index (κ2) is 3.64. The first-order valence-electron chi connectivity index (χ1n) is 3.04. The van der Waals surface area contributed by atoms with Crippen LogP contribution in [-0.2, 0) is 4.79 Å². The van der Waals surface area contributed by atoms with Gasteiger partial charge in [0.1, 0.15) is 0 Å². The minimum atomic E-state index is -1.32. The fourth-order valence-corrected chi connectivity index (χ4v) is 0.782. The molecule has 0 aliphatic heterocycles. The third-order valence-corrected chi connectivity index (χ3v) is 1.32. The van der Waals surface area contributed by atoms with Crippen LogP contribution < -0.4 is 5.32 Å². The second-order valence-corrected chi connectivity index (χ2v) is 2.95. The summed E-state index contributed by atoms with van der Waals surface area (Å²) in [5.74, 6) is -1.13. The van der Waals surface area contributed by atoms with Crippen LogP contribution in [0.4, 0.5) is 0 Å². The van der Waals surface area contributed by atoms with Gasteiger partial charge in [0.25, 0.3) is 0 Å². The standard InChI is InChI=1S/C6H11NO3S/c1-6(2,10)4(5(8)9)7-3-11/h3-4,10H,1-2H3,(H,7,11)(H,8,9). The molecule has 0 aliphatic rings. The monoisotopic (exact) mass is 177 g/mol. The van der Waals surface area contributed by atoms with Crippen LogP contribution in [0.1, 0.15) is 13.8 Å². The summed E-state index contributed by atoms with van der Waals surface area (Å²) in [4.78, 5) is 10.4. The van der Waals surface area contributed by atoms with Gasteiger partial charge in [-0.25, -0.2) is 4.79 Å². The maximum absolute atomic E-state index is 10.4. The summed E-state index contributed by atoms with van der Waals surface area (Å²) in [7, 11) is 0. The predicted molar refractivity (Wildman–Crippen MR) is 44.5 cm³/mol. The molecule has 0 amide bonds. The van der Waals surface area contributed by atoms with E-state index in [0.717, 1.165) is 5.49 Å². The Hall–Kier alpha value is -0.680. The molecule has 0 aromatic heterocycles. The summed E-state index contributed by atoms with van der Waals surface area (Å²) in [5, 5.41) is 20.2. The van der Waals surface area contributed by atoms with Gasteiger partial charge in [0.15, 0.2) is 6.04 Å². The molecule has 0 saturated carbocycles. The van der Waals surface area contributed by atoms with E-state index in [1.165, 1.54) is 13.8 Å². The molecular weight excluding hydrogens is 166 g/mol. The summed E-state index contributed by atoms with van der Waals surface area (Å²) in [5.41, 5.74) is -0.238. The van der Waals surface area contributed by atoms with Crippen molar-refractivity contribution in [1.82, 2.24) is 5.32 Å². The number of carbonyl (C=O) groups is 1. The molecule has 0 bridgehead atoms. The van der Waals surface area contributed by atoms with Gasteiger partial charge >= 0.3 is 5.97 Å². The summed E-state index contributed by atoms with van der Waals surface area (Å²) in [6, 6.07) is -1.06. The van der Waals surface area contributed by atoms with E-state index in [1.54, 1.807) is 0 Å². The van der Waals surface area contributed by atoms with Crippen LogP contribution in [0.3, 0.4) is 0 Å². The molecule has 0 fully saturated rings. The van der Waals surface area contributed by atoms with Gasteiger partial charge in [0.05, 0.1) is 11.1 Å². The van der Waals surface area contributed by atoms with E-state index in [0.29, 0.717) is 0 Å². The van der Waals surface area contributed by atoms with Gasteiger partial charge in [0.2, 0.25) is 0 Å². The summed E-state index contributed by atoms with van der Waals surface area (Å²) >= 11 is 4.41. The Morgan fingerprint density at radius 1 is 1.73 bits per heavy atom. The van der Waals surface area contributed by atoms with E-state index in [4.69, 9.17) is 5.11 Å². The van der Waals surface area contributed by atoms with Crippen LogP contribution in [0.25, 0.3) is 0 Å². The molecule has 0 aromatic rings. The van der Waals surface area contributed by atoms with Crippen molar-refractivity contribution >= 4 is 23.7 Å². The molecule has 0 aromatic carbocycles. The molecule has 3 N–H and O–H groups in total. The zero-order chi connectivity index (χ0) is 9.07. The third-order valence-electron chi connectivity index (χ3n) is 1.19. The van der Waals surface area contributed by atoms with E-state index in [2.05, 4.69) is 17.5 Å². The van der Waals surface area contributed by atoms with Crippen LogP contribution >= 0.6 is 12.2 Å². The molecule has 0 heterocycles. The fraction of sp³-hybridized carbons (Fsp3) is 0.667. The number of thiocarbonyl (C=S) groups is 1. The van der Waals surface area contributed by atoms with E-state index in [-0.39, 0.29) is 0 Å². The van der Waals surface area contributed by atoms with Gasteiger partial charge < -0.3 is 15.5 Å². The Morgan fingerprint density at radius 2 is 2.18 bits per heavy atom. The molecule has 5 heteroatoms. The Morgan fingerprint density at radius 3 is 2.27 bits per heavy atom. The van der Waals surface area contributed by atoms with Crippen LogP contribution in [0, 0.1) is 0 Å². The maximum Gasteiger partial charge on any atom is 0.329 e. The first-order valence-corrected chi connectivity index (χ1v) is 3.51. The topological polar surface area (TPSA) is 69.6 Å². The Balaban J connectivity index is 4.34. The number of hydrogen-bond donors (Lipinski definition) is 3. The van der Waals surface area contributed by atoms with Gasteiger partial charge in [-0.05, 0) is 13.8 Å². The van der Waals surface area contributed by atoms with Crippen molar-refractivity contribution in [3.63, 3.8) is 0 Å². The molecule has 1 unspecified atom stereocenters. The highest BCUT2D eigenvalue weighted by molar-refractivity contribution is 7.78. The Kier molecular flexibility index (Phi) is 3.41. The van der Waals surface area contributed by atoms with Crippen molar-refractivity contribution in [3.05, 3.63) is 0 Å². The average molecular weight is 177 g/mol. The van der Waals surface area contributed by atoms with Crippen molar-refractivity contribution in [1.29, 1.82) is 0 Å². The molecular formula is C6H11NO3S. The lowest BCUT2D eigenvalue weighted by atomic mass is 10.00. The van der Waals surface area contributed by atoms with Gasteiger partial charge in [-0.3, -0.25) is 0 Å². The molecule has 11 heavy (non-hydrogen) atoms. The van der Waals surface area contributed by atoms with Crippen LogP contribution in [0.5, 0.6) is 0 Å². The molecule has 64 valence electrons. The number of rotatable bonds is 4. The highest BCUT2D eigenvalue weighted by Gasteiger charge is 2.32. The Bertz CT molecular complexity index is 164. The number of carboxylic acids is 1. The van der Waals surface area contributed by atoms with Crippen LogP contribution in [0.2, 0.25) is 0 Å². The largest absolute Gasteiger partial charge is 0.480 e.